The Balaban J connectivity index is 4.54. The average Bonchev–Trinajstić information content (AvgIpc) is 2.47. The molecule has 1 atom stereocenters. The van der Waals surface area contributed by atoms with E-state index in [-0.39, 0.29) is 12.3 Å². The third-order valence-corrected chi connectivity index (χ3v) is 4.73. The van der Waals surface area contributed by atoms with Crippen LogP contribution in [0.2, 0.25) is 0 Å². The van der Waals surface area contributed by atoms with Gasteiger partial charge in [0.2, 0.25) is 15.9 Å². The molecule has 0 radical (unpaired) electrons. The van der Waals surface area contributed by atoms with Crippen molar-refractivity contribution in [2.45, 2.75) is 53.0 Å². The highest BCUT2D eigenvalue weighted by molar-refractivity contribution is 7.99. The maximum atomic E-state index is 12.0. The van der Waals surface area contributed by atoms with E-state index in [1.54, 1.807) is 6.92 Å². The van der Waals surface area contributed by atoms with Crippen molar-refractivity contribution in [3.05, 3.63) is 23.3 Å². The molecule has 2 amide bonds. The highest BCUT2D eigenvalue weighted by atomic mass is 32.2. The molecule has 144 valence electrons. The number of thioether (sulfide) groups is 1. The van der Waals surface area contributed by atoms with Gasteiger partial charge in [-0.15, -0.1) is 0 Å². The minimum Gasteiger partial charge on any atom is -0.343 e. The molecular formula is C17H30N2O4S2. The largest absolute Gasteiger partial charge is 0.343 e. The van der Waals surface area contributed by atoms with Gasteiger partial charge < -0.3 is 5.32 Å². The van der Waals surface area contributed by atoms with E-state index in [2.05, 4.69) is 38.2 Å². The molecule has 8 heteroatoms. The van der Waals surface area contributed by atoms with E-state index >= 15 is 0 Å². The topological polar surface area (TPSA) is 92.3 Å². The summed E-state index contributed by atoms with van der Waals surface area (Å²) in [4.78, 5) is 23.5. The Morgan fingerprint density at radius 2 is 1.80 bits per heavy atom. The van der Waals surface area contributed by atoms with Gasteiger partial charge in [0.05, 0.1) is 6.26 Å². The van der Waals surface area contributed by atoms with Crippen LogP contribution >= 0.6 is 11.8 Å². The van der Waals surface area contributed by atoms with Gasteiger partial charge in [-0.05, 0) is 33.6 Å². The lowest BCUT2D eigenvalue weighted by Gasteiger charge is -2.17. The lowest BCUT2D eigenvalue weighted by atomic mass is 10.1. The molecule has 0 aromatic carbocycles. The first-order chi connectivity index (χ1) is 11.5. The van der Waals surface area contributed by atoms with Crippen molar-refractivity contribution >= 4 is 33.6 Å². The quantitative estimate of drug-likeness (QED) is 0.417. The number of amides is 2. The number of hydrogen-bond donors (Lipinski definition) is 2. The first-order valence-electron chi connectivity index (χ1n) is 8.22. The van der Waals surface area contributed by atoms with E-state index in [0.29, 0.717) is 11.5 Å². The number of hydrogen-bond acceptors (Lipinski definition) is 5. The first-order valence-corrected chi connectivity index (χ1v) is 11.3. The Morgan fingerprint density at radius 1 is 1.16 bits per heavy atom. The fraction of sp³-hybridized carbons (Fsp3) is 0.647. The third kappa shape index (κ3) is 13.7. The fourth-order valence-corrected chi connectivity index (χ4v) is 3.33. The average molecular weight is 391 g/mol. The third-order valence-electron chi connectivity index (χ3n) is 3.18. The molecule has 0 aliphatic rings. The molecular weight excluding hydrogens is 360 g/mol. The smallest absolute Gasteiger partial charge is 0.256 e. The van der Waals surface area contributed by atoms with Gasteiger partial charge in [0.1, 0.15) is 6.04 Å². The first kappa shape index (κ1) is 23.7. The van der Waals surface area contributed by atoms with Gasteiger partial charge in [0, 0.05) is 17.9 Å². The van der Waals surface area contributed by atoms with Crippen molar-refractivity contribution in [3.63, 3.8) is 0 Å². The van der Waals surface area contributed by atoms with E-state index in [1.165, 1.54) is 22.9 Å². The fourth-order valence-electron chi connectivity index (χ4n) is 1.81. The van der Waals surface area contributed by atoms with E-state index < -0.39 is 22.0 Å². The lowest BCUT2D eigenvalue weighted by Crippen LogP contribution is -2.49. The Labute approximate surface area is 156 Å². The molecule has 6 nitrogen and oxygen atoms in total. The lowest BCUT2D eigenvalue weighted by molar-refractivity contribution is -0.127. The molecule has 1 unspecified atom stereocenters. The molecule has 0 aliphatic heterocycles. The Bertz CT molecular complexity index is 606. The molecule has 2 N–H and O–H groups in total. The minimum atomic E-state index is -3.65. The van der Waals surface area contributed by atoms with Gasteiger partial charge in [-0.25, -0.2) is 8.42 Å². The normalized spacial score (nSPS) is 13.1. The van der Waals surface area contributed by atoms with Gasteiger partial charge in [0.15, 0.2) is 0 Å². The zero-order chi connectivity index (χ0) is 19.5. The van der Waals surface area contributed by atoms with Gasteiger partial charge in [-0.3, -0.25) is 14.3 Å². The van der Waals surface area contributed by atoms with Crippen molar-refractivity contribution < 1.29 is 18.0 Å². The maximum absolute atomic E-state index is 12.0. The number of rotatable bonds is 11. The number of nitrogens with one attached hydrogen (secondary N) is 2. The molecule has 0 fully saturated rings. The van der Waals surface area contributed by atoms with Crippen molar-refractivity contribution in [1.29, 1.82) is 0 Å². The zero-order valence-electron chi connectivity index (χ0n) is 15.7. The number of carbonyl (C=O) groups is 2. The highest BCUT2D eigenvalue weighted by Gasteiger charge is 2.22. The van der Waals surface area contributed by atoms with E-state index in [9.17, 15) is 18.0 Å². The molecule has 0 saturated heterocycles. The van der Waals surface area contributed by atoms with Gasteiger partial charge in [-0.1, -0.05) is 30.2 Å². The summed E-state index contributed by atoms with van der Waals surface area (Å²) in [6.07, 6.45) is 7.41. The number of sulfonamides is 1. The van der Waals surface area contributed by atoms with E-state index in [1.807, 2.05) is 4.72 Å². The summed E-state index contributed by atoms with van der Waals surface area (Å²) < 4.78 is 24.3. The van der Waals surface area contributed by atoms with Crippen molar-refractivity contribution in [2.75, 3.05) is 17.8 Å². The molecule has 0 aromatic heterocycles. The second kappa shape index (κ2) is 12.1. The standard InChI is InChI=1S/C17H30N2O4S2/c1-6-16(20)18-15(17(21)19-25(5,22)23)12-24-11-10-14(4)9-7-8-13(2)3/h8,10,15H,6-7,9,11-12H2,1-5H3,(H,18,20)(H,19,21). The van der Waals surface area contributed by atoms with Crippen LogP contribution in [0.3, 0.4) is 0 Å². The minimum absolute atomic E-state index is 0.233. The summed E-state index contributed by atoms with van der Waals surface area (Å²) in [5.74, 6) is 0.0135. The van der Waals surface area contributed by atoms with Crippen LogP contribution in [0.25, 0.3) is 0 Å². The molecule has 0 aliphatic carbocycles. The van der Waals surface area contributed by atoms with Crippen LogP contribution in [0.15, 0.2) is 23.3 Å². The van der Waals surface area contributed by atoms with Crippen LogP contribution < -0.4 is 10.0 Å². The number of allylic oxidation sites excluding steroid dienone is 3. The summed E-state index contributed by atoms with van der Waals surface area (Å²) in [7, 11) is -3.65. The van der Waals surface area contributed by atoms with Crippen LogP contribution in [0.1, 0.15) is 47.0 Å². The predicted octanol–water partition coefficient (Wildman–Crippen LogP) is 2.38. The van der Waals surface area contributed by atoms with Crippen molar-refractivity contribution in [3.8, 4) is 0 Å². The summed E-state index contributed by atoms with van der Waals surface area (Å²) >= 11 is 1.47. The SMILES string of the molecule is CCC(=O)NC(CSCC=C(C)CCC=C(C)C)C(=O)NS(C)(=O)=O. The molecule has 0 bridgehead atoms. The van der Waals surface area contributed by atoms with Gasteiger partial charge in [-0.2, -0.15) is 11.8 Å². The second-order valence-electron chi connectivity index (χ2n) is 6.12. The van der Waals surface area contributed by atoms with E-state index in [4.69, 9.17) is 0 Å². The molecule has 25 heavy (non-hydrogen) atoms. The summed E-state index contributed by atoms with van der Waals surface area (Å²) in [5, 5.41) is 2.56. The number of carbonyl (C=O) groups excluding carboxylic acids is 2. The van der Waals surface area contributed by atoms with Crippen molar-refractivity contribution in [1.82, 2.24) is 10.0 Å². The van der Waals surface area contributed by atoms with Crippen LogP contribution in [0.4, 0.5) is 0 Å². The summed E-state index contributed by atoms with van der Waals surface area (Å²) in [6.45, 7) is 7.88. The summed E-state index contributed by atoms with van der Waals surface area (Å²) in [6, 6.07) is -0.869. The zero-order valence-corrected chi connectivity index (χ0v) is 17.4. The maximum Gasteiger partial charge on any atom is 0.256 e. The molecule has 0 rings (SSSR count). The van der Waals surface area contributed by atoms with Gasteiger partial charge in [0.25, 0.3) is 5.91 Å². The van der Waals surface area contributed by atoms with Crippen LogP contribution in [0.5, 0.6) is 0 Å². The Kier molecular flexibility index (Phi) is 11.5. The Hall–Kier alpha value is -1.28. The highest BCUT2D eigenvalue weighted by Crippen LogP contribution is 2.10. The predicted molar refractivity (Wildman–Crippen MR) is 105 cm³/mol. The van der Waals surface area contributed by atoms with Crippen LogP contribution in [-0.4, -0.2) is 44.0 Å². The summed E-state index contributed by atoms with van der Waals surface area (Å²) in [5.41, 5.74) is 2.56. The van der Waals surface area contributed by atoms with Gasteiger partial charge >= 0.3 is 0 Å². The van der Waals surface area contributed by atoms with Crippen LogP contribution in [0, 0.1) is 0 Å². The molecule has 0 spiro atoms. The second-order valence-corrected chi connectivity index (χ2v) is 8.94. The molecule has 0 aromatic rings. The monoisotopic (exact) mass is 390 g/mol. The Morgan fingerprint density at radius 3 is 2.32 bits per heavy atom. The van der Waals surface area contributed by atoms with Crippen molar-refractivity contribution in [2.24, 2.45) is 0 Å². The van der Waals surface area contributed by atoms with E-state index in [0.717, 1.165) is 19.1 Å². The van der Waals surface area contributed by atoms with Crippen LogP contribution in [-0.2, 0) is 19.6 Å². The molecule has 0 heterocycles. The molecule has 0 saturated carbocycles.